The van der Waals surface area contributed by atoms with Gasteiger partial charge < -0.3 is 15.0 Å². The number of hydrogen-bond acceptors (Lipinski definition) is 7. The zero-order valence-corrected chi connectivity index (χ0v) is 15.3. The topological polar surface area (TPSA) is 80.2 Å². The van der Waals surface area contributed by atoms with E-state index in [1.54, 1.807) is 30.5 Å². The van der Waals surface area contributed by atoms with Crippen LogP contribution in [-0.4, -0.2) is 34.8 Å². The van der Waals surface area contributed by atoms with Crippen molar-refractivity contribution in [3.63, 3.8) is 0 Å². The Labute approximate surface area is 158 Å². The maximum atomic E-state index is 11.5. The fourth-order valence-electron chi connectivity index (χ4n) is 2.60. The maximum Gasteiger partial charge on any atom is 0.337 e. The highest BCUT2D eigenvalue weighted by Gasteiger charge is 2.10. The number of carbonyl (C=O) groups excluding carboxylic acids is 1. The molecule has 0 unspecified atom stereocenters. The Balaban J connectivity index is 1.73. The molecule has 1 aromatic heterocycles. The number of rotatable bonds is 7. The quantitative estimate of drug-likeness (QED) is 0.644. The van der Waals surface area contributed by atoms with Crippen LogP contribution in [0.25, 0.3) is 0 Å². The molecule has 0 atom stereocenters. The Bertz CT molecular complexity index is 884. The lowest BCUT2D eigenvalue weighted by Crippen LogP contribution is -2.23. The van der Waals surface area contributed by atoms with E-state index in [-0.39, 0.29) is 5.97 Å². The van der Waals surface area contributed by atoms with Crippen LogP contribution in [0.4, 0.5) is 17.5 Å². The second kappa shape index (κ2) is 8.75. The summed E-state index contributed by atoms with van der Waals surface area (Å²) in [7, 11) is 1.36. The fourth-order valence-corrected chi connectivity index (χ4v) is 2.60. The standard InChI is InChI=1S/C20H21N5O2/c1-3-25(14-15-7-5-4-6-8-15)18-13-21-24-20(23-18)22-17-11-9-16(10-12-17)19(26)27-2/h4-13H,3,14H2,1-2H3,(H,22,23,24). The monoisotopic (exact) mass is 363 g/mol. The van der Waals surface area contributed by atoms with Gasteiger partial charge in [-0.1, -0.05) is 30.3 Å². The first kappa shape index (κ1) is 18.3. The van der Waals surface area contributed by atoms with Gasteiger partial charge in [-0.3, -0.25) is 0 Å². The zero-order valence-electron chi connectivity index (χ0n) is 15.3. The summed E-state index contributed by atoms with van der Waals surface area (Å²) in [6, 6.07) is 17.1. The summed E-state index contributed by atoms with van der Waals surface area (Å²) in [6.07, 6.45) is 1.65. The van der Waals surface area contributed by atoms with E-state index < -0.39 is 0 Å². The van der Waals surface area contributed by atoms with Crippen molar-refractivity contribution in [2.24, 2.45) is 0 Å². The number of carbonyl (C=O) groups is 1. The Morgan fingerprint density at radius 1 is 1.11 bits per heavy atom. The van der Waals surface area contributed by atoms with Gasteiger partial charge in [0.05, 0.1) is 18.9 Å². The number of benzene rings is 2. The molecule has 0 aliphatic rings. The Morgan fingerprint density at radius 3 is 2.52 bits per heavy atom. The molecular weight excluding hydrogens is 342 g/mol. The third-order valence-corrected chi connectivity index (χ3v) is 4.03. The van der Waals surface area contributed by atoms with Gasteiger partial charge in [0.15, 0.2) is 5.82 Å². The molecular formula is C20H21N5O2. The zero-order chi connectivity index (χ0) is 19.1. The van der Waals surface area contributed by atoms with Crippen LogP contribution in [0.3, 0.4) is 0 Å². The van der Waals surface area contributed by atoms with Crippen LogP contribution >= 0.6 is 0 Å². The molecule has 1 heterocycles. The molecule has 3 rings (SSSR count). The van der Waals surface area contributed by atoms with Crippen molar-refractivity contribution in [1.82, 2.24) is 15.2 Å². The van der Waals surface area contributed by atoms with Gasteiger partial charge in [-0.2, -0.15) is 10.1 Å². The molecule has 27 heavy (non-hydrogen) atoms. The van der Waals surface area contributed by atoms with Gasteiger partial charge in [-0.25, -0.2) is 4.79 Å². The molecule has 0 spiro atoms. The minimum Gasteiger partial charge on any atom is -0.465 e. The van der Waals surface area contributed by atoms with Crippen LogP contribution in [0.15, 0.2) is 60.8 Å². The first-order chi connectivity index (χ1) is 13.2. The summed E-state index contributed by atoms with van der Waals surface area (Å²) in [5.74, 6) is 0.760. The Morgan fingerprint density at radius 2 is 1.85 bits per heavy atom. The molecule has 1 N–H and O–H groups in total. The molecule has 2 aromatic carbocycles. The molecule has 0 aliphatic carbocycles. The van der Waals surface area contributed by atoms with E-state index >= 15 is 0 Å². The van der Waals surface area contributed by atoms with Gasteiger partial charge >= 0.3 is 5.97 Å². The van der Waals surface area contributed by atoms with E-state index in [2.05, 4.69) is 44.5 Å². The fraction of sp³-hybridized carbons (Fsp3) is 0.200. The van der Waals surface area contributed by atoms with Gasteiger partial charge in [0.2, 0.25) is 5.95 Å². The number of hydrogen-bond donors (Lipinski definition) is 1. The summed E-state index contributed by atoms with van der Waals surface area (Å²) >= 11 is 0. The normalized spacial score (nSPS) is 10.3. The lowest BCUT2D eigenvalue weighted by molar-refractivity contribution is 0.0601. The average molecular weight is 363 g/mol. The van der Waals surface area contributed by atoms with E-state index in [9.17, 15) is 4.79 Å². The van der Waals surface area contributed by atoms with Crippen LogP contribution < -0.4 is 10.2 Å². The minimum atomic E-state index is -0.374. The van der Waals surface area contributed by atoms with Crippen LogP contribution in [0.2, 0.25) is 0 Å². The molecule has 3 aromatic rings. The van der Waals surface area contributed by atoms with Gasteiger partial charge in [0, 0.05) is 18.8 Å². The van der Waals surface area contributed by atoms with E-state index in [4.69, 9.17) is 4.74 Å². The molecule has 0 saturated heterocycles. The summed E-state index contributed by atoms with van der Waals surface area (Å²) < 4.78 is 4.70. The second-order valence-electron chi connectivity index (χ2n) is 5.83. The van der Waals surface area contributed by atoms with Gasteiger partial charge in [-0.15, -0.1) is 5.10 Å². The van der Waals surface area contributed by atoms with Gasteiger partial charge in [0.25, 0.3) is 0 Å². The van der Waals surface area contributed by atoms with Crippen molar-refractivity contribution in [2.75, 3.05) is 23.9 Å². The molecule has 0 radical (unpaired) electrons. The third kappa shape index (κ3) is 4.78. The Hall–Kier alpha value is -3.48. The number of nitrogens with zero attached hydrogens (tertiary/aromatic N) is 4. The lowest BCUT2D eigenvalue weighted by Gasteiger charge is -2.21. The van der Waals surface area contributed by atoms with Gasteiger partial charge in [-0.05, 0) is 36.8 Å². The SMILES string of the molecule is CCN(Cc1ccccc1)c1cnnc(Nc2ccc(C(=O)OC)cc2)n1. The smallest absolute Gasteiger partial charge is 0.337 e. The predicted molar refractivity (Wildman–Crippen MR) is 104 cm³/mol. The first-order valence-corrected chi connectivity index (χ1v) is 8.63. The minimum absolute atomic E-state index is 0.374. The number of esters is 1. The summed E-state index contributed by atoms with van der Waals surface area (Å²) in [4.78, 5) is 18.2. The molecule has 0 saturated carbocycles. The van der Waals surface area contributed by atoms with Crippen molar-refractivity contribution >= 4 is 23.4 Å². The van der Waals surface area contributed by atoms with Crippen molar-refractivity contribution in [3.05, 3.63) is 71.9 Å². The predicted octanol–water partition coefficient (Wildman–Crippen LogP) is 3.43. The molecule has 0 fully saturated rings. The number of nitrogens with one attached hydrogen (secondary N) is 1. The van der Waals surface area contributed by atoms with Gasteiger partial charge in [0.1, 0.15) is 0 Å². The highest BCUT2D eigenvalue weighted by atomic mass is 16.5. The van der Waals surface area contributed by atoms with Crippen LogP contribution in [0.1, 0.15) is 22.8 Å². The number of ether oxygens (including phenoxy) is 1. The second-order valence-corrected chi connectivity index (χ2v) is 5.83. The first-order valence-electron chi connectivity index (χ1n) is 8.63. The van der Waals surface area contributed by atoms with E-state index in [0.717, 1.165) is 24.6 Å². The van der Waals surface area contributed by atoms with Crippen LogP contribution in [0.5, 0.6) is 0 Å². The van der Waals surface area contributed by atoms with E-state index in [1.807, 2.05) is 18.2 Å². The summed E-state index contributed by atoms with van der Waals surface area (Å²) in [5.41, 5.74) is 2.44. The molecule has 138 valence electrons. The number of aromatic nitrogens is 3. The Kier molecular flexibility index (Phi) is 5.94. The number of methoxy groups -OCH3 is 1. The highest BCUT2D eigenvalue weighted by Crippen LogP contribution is 2.18. The maximum absolute atomic E-state index is 11.5. The van der Waals surface area contributed by atoms with E-state index in [0.29, 0.717) is 11.5 Å². The van der Waals surface area contributed by atoms with Crippen LogP contribution in [0, 0.1) is 0 Å². The molecule has 0 aliphatic heterocycles. The van der Waals surface area contributed by atoms with Crippen LogP contribution in [-0.2, 0) is 11.3 Å². The van der Waals surface area contributed by atoms with Crippen molar-refractivity contribution in [1.29, 1.82) is 0 Å². The molecule has 0 amide bonds. The van der Waals surface area contributed by atoms with E-state index in [1.165, 1.54) is 12.7 Å². The molecule has 7 heteroatoms. The average Bonchev–Trinajstić information content (AvgIpc) is 2.73. The van der Waals surface area contributed by atoms with Crippen molar-refractivity contribution in [2.45, 2.75) is 13.5 Å². The lowest BCUT2D eigenvalue weighted by atomic mass is 10.2. The molecule has 0 bridgehead atoms. The summed E-state index contributed by atoms with van der Waals surface area (Å²) in [5, 5.41) is 11.2. The molecule has 7 nitrogen and oxygen atoms in total. The third-order valence-electron chi connectivity index (χ3n) is 4.03. The largest absolute Gasteiger partial charge is 0.465 e. The van der Waals surface area contributed by atoms with Crippen molar-refractivity contribution in [3.8, 4) is 0 Å². The summed E-state index contributed by atoms with van der Waals surface area (Å²) in [6.45, 7) is 3.61. The van der Waals surface area contributed by atoms with Crippen molar-refractivity contribution < 1.29 is 9.53 Å². The highest BCUT2D eigenvalue weighted by molar-refractivity contribution is 5.89. The number of anilines is 3.